The Morgan fingerprint density at radius 3 is 0.809 bits per heavy atom. The second-order valence-corrected chi connectivity index (χ2v) is 28.6. The van der Waals surface area contributed by atoms with Crippen LogP contribution in [-0.4, -0.2) is 31.9 Å². The van der Waals surface area contributed by atoms with Crippen molar-refractivity contribution in [3.63, 3.8) is 0 Å². The summed E-state index contributed by atoms with van der Waals surface area (Å²) in [7, 11) is 3.61. The molecule has 0 bridgehead atoms. The summed E-state index contributed by atoms with van der Waals surface area (Å²) in [5.74, 6) is 0. The Bertz CT molecular complexity index is 2050. The third kappa shape index (κ3) is 43.9. The van der Waals surface area contributed by atoms with Gasteiger partial charge in [-0.25, -0.2) is 4.70 Å². The van der Waals surface area contributed by atoms with Crippen molar-refractivity contribution in [3.8, 4) is 0 Å². The van der Waals surface area contributed by atoms with Crippen LogP contribution in [0.3, 0.4) is 0 Å². The Morgan fingerprint density at radius 1 is 0.298 bits per heavy atom. The molecule has 0 N–H and O–H groups in total. The first-order valence-electron chi connectivity index (χ1n) is 41.8. The molecule has 0 amide bonds. The van der Waals surface area contributed by atoms with E-state index in [-0.39, 0.29) is 16.5 Å². The van der Waals surface area contributed by atoms with E-state index in [0.29, 0.717) is 0 Å². The Labute approximate surface area is 599 Å². The van der Waals surface area contributed by atoms with Gasteiger partial charge in [-0.05, 0) is 160 Å². The minimum Gasteiger partial charge on any atom is -0.665 e. The van der Waals surface area contributed by atoms with Crippen molar-refractivity contribution in [3.05, 3.63) is 108 Å². The van der Waals surface area contributed by atoms with E-state index in [1.165, 1.54) is 350 Å². The van der Waals surface area contributed by atoms with Gasteiger partial charge in [-0.3, -0.25) is 0 Å². The molecule has 1 aliphatic rings. The normalized spacial score (nSPS) is 12.3. The second kappa shape index (κ2) is 67.8. The summed E-state index contributed by atoms with van der Waals surface area (Å²) in [4.78, 5) is 0. The largest absolute Gasteiger partial charge is 2.00 e. The third-order valence-electron chi connectivity index (χ3n) is 20.1. The number of allylic oxidation sites excluding steroid dienone is 4. The molecule has 0 fully saturated rings. The van der Waals surface area contributed by atoms with Crippen molar-refractivity contribution in [2.75, 3.05) is 27.2 Å². The van der Waals surface area contributed by atoms with Crippen LogP contribution in [0.25, 0.3) is 27.6 Å². The first kappa shape index (κ1) is 91.7. The van der Waals surface area contributed by atoms with Gasteiger partial charge in [0.05, 0.1) is 5.57 Å². The molecular weight excluding hydrogens is 1180 g/mol. The van der Waals surface area contributed by atoms with Crippen molar-refractivity contribution in [2.24, 2.45) is 0 Å². The average Bonchev–Trinajstić information content (AvgIpc) is 1.58. The van der Waals surface area contributed by atoms with E-state index in [4.69, 9.17) is 0 Å². The topological polar surface area (TPSA) is 53.5 Å². The fraction of sp³-hybridized carbons (Fsp3) is 0.798. The number of unbranched alkanes of at least 4 members (excludes halogenated alkanes) is 42. The van der Waals surface area contributed by atoms with E-state index in [0.717, 1.165) is 63.0 Å². The number of hydrogen-bond acceptors (Lipinski definition) is 0. The van der Waals surface area contributed by atoms with E-state index in [2.05, 4.69) is 102 Å². The molecule has 1 heterocycles. The van der Waals surface area contributed by atoms with E-state index >= 15 is 0 Å². The number of hydrogen-bond donors (Lipinski definition) is 0. The summed E-state index contributed by atoms with van der Waals surface area (Å²) in [5, 5.41) is 7.47. The van der Waals surface area contributed by atoms with Crippen LogP contribution in [0, 0.1) is 0 Å². The third-order valence-corrected chi connectivity index (χ3v) is 20.1. The number of rotatable bonds is 62. The summed E-state index contributed by atoms with van der Waals surface area (Å²) in [5.41, 5.74) is 30.6. The van der Waals surface area contributed by atoms with E-state index in [1.54, 1.807) is 52.2 Å². The first-order chi connectivity index (χ1) is 45.8. The minimum atomic E-state index is 0. The predicted octanol–water partition coefficient (Wildman–Crippen LogP) is 30.7. The van der Waals surface area contributed by atoms with Crippen molar-refractivity contribution >= 4 is 11.4 Å². The van der Waals surface area contributed by atoms with Crippen LogP contribution in [-0.2, 0) is 55.0 Å². The molecule has 3 rings (SSSR count). The standard InChI is InChI=1S/C83H144N2.2C3H8N.Ni/c1-9-17-25-31-33-35-36-37-38-39-40-41-42-43-44-45-46-47-49-51-53-59-67-81-80(66-58-52-50-48-34-32-26-18-10-2)82(76-68-72(60-54-27-19-11-3)78(64-23-15-7)73(69-76)61-55-28-20-12-4)85(84)83(81)77-70-74(62-56-29-21-13-5)79(65-24-16-8)75(71-77)63-57-30-22-14-6;2*1-3-4-2;/h59,67-71H,9-58,60-66H2,1-8H3;2*3H2,1-2H3;/q;2*-1;+2. The molecule has 0 saturated heterocycles. The first-order valence-corrected chi connectivity index (χ1v) is 41.8. The number of benzene rings is 2. The SMILES string of the molecule is CCCCCCCCCCCCCCCCCCCCCCC=CC1=C(c2cc(CCCCCC)c(CCCC)c(CCCCCC)c2)[N+](=[N-])C(c2cc(CCCCCC)c(CCCC)c(CCCCCC)c2)=C1CCCCCCCCCCC.CC[N-]C.CC[N-]C.[Ni+2]. The molecule has 2 aromatic carbocycles. The maximum atomic E-state index is 13.6. The van der Waals surface area contributed by atoms with Crippen molar-refractivity contribution < 1.29 is 21.2 Å². The van der Waals surface area contributed by atoms with Crippen molar-refractivity contribution in [1.29, 1.82) is 0 Å². The van der Waals surface area contributed by atoms with Gasteiger partial charge in [0.15, 0.2) is 0 Å². The Hall–Kier alpha value is -2.33. The van der Waals surface area contributed by atoms with Gasteiger partial charge in [0.2, 0.25) is 11.4 Å². The monoisotopic (exact) mass is 1340 g/mol. The molecule has 0 unspecified atom stereocenters. The molecule has 1 aliphatic heterocycles. The van der Waals surface area contributed by atoms with Crippen LogP contribution in [0.15, 0.2) is 47.6 Å². The quantitative estimate of drug-likeness (QED) is 0.0360. The van der Waals surface area contributed by atoms with Crippen LogP contribution >= 0.6 is 0 Å². The zero-order valence-electron chi connectivity index (χ0n) is 65.3. The summed E-state index contributed by atoms with van der Waals surface area (Å²) >= 11 is 0. The minimum absolute atomic E-state index is 0. The van der Waals surface area contributed by atoms with Gasteiger partial charge < -0.3 is 16.2 Å². The Kier molecular flexibility index (Phi) is 66.2. The predicted molar refractivity (Wildman–Crippen MR) is 422 cm³/mol. The second-order valence-electron chi connectivity index (χ2n) is 28.6. The van der Waals surface area contributed by atoms with Crippen LogP contribution in [0.4, 0.5) is 0 Å². The molecule has 0 radical (unpaired) electrons. The van der Waals surface area contributed by atoms with Crippen LogP contribution < -0.4 is 0 Å². The van der Waals surface area contributed by atoms with Crippen LogP contribution in [0.1, 0.15) is 441 Å². The molecule has 4 nitrogen and oxygen atoms in total. The van der Waals surface area contributed by atoms with Gasteiger partial charge in [0.25, 0.3) is 0 Å². The maximum Gasteiger partial charge on any atom is 2.00 e. The van der Waals surface area contributed by atoms with Gasteiger partial charge >= 0.3 is 16.5 Å². The maximum absolute atomic E-state index is 13.6. The molecule has 546 valence electrons. The molecule has 0 spiro atoms. The molecule has 0 atom stereocenters. The van der Waals surface area contributed by atoms with Crippen molar-refractivity contribution in [2.45, 2.75) is 435 Å². The van der Waals surface area contributed by atoms with Gasteiger partial charge in [0, 0.05) is 16.7 Å². The Balaban J connectivity index is 0.00000905. The Morgan fingerprint density at radius 2 is 0.532 bits per heavy atom. The molecule has 0 saturated carbocycles. The molecule has 94 heavy (non-hydrogen) atoms. The van der Waals surface area contributed by atoms with E-state index in [1.807, 2.05) is 13.8 Å². The summed E-state index contributed by atoms with van der Waals surface area (Å²) in [6.07, 6.45) is 79.9. The van der Waals surface area contributed by atoms with Gasteiger partial charge in [-0.15, -0.1) is 0 Å². The van der Waals surface area contributed by atoms with Gasteiger partial charge in [-0.1, -0.05) is 345 Å². The van der Waals surface area contributed by atoms with Gasteiger partial charge in [0.1, 0.15) is 0 Å². The summed E-state index contributed by atoms with van der Waals surface area (Å²) in [6, 6.07) is 10.4. The zero-order valence-corrected chi connectivity index (χ0v) is 66.3. The number of nitrogens with zero attached hydrogens (tertiary/aromatic N) is 4. The smallest absolute Gasteiger partial charge is 0.665 e. The van der Waals surface area contributed by atoms with Crippen LogP contribution in [0.2, 0.25) is 0 Å². The van der Waals surface area contributed by atoms with E-state index < -0.39 is 0 Å². The summed E-state index contributed by atoms with van der Waals surface area (Å²) < 4.78 is 1.78. The zero-order chi connectivity index (χ0) is 67.9. The fourth-order valence-corrected chi connectivity index (χ4v) is 14.0. The summed E-state index contributed by atoms with van der Waals surface area (Å²) in [6.45, 7) is 24.7. The molecule has 0 aromatic heterocycles. The average molecular weight is 1340 g/mol. The molecule has 5 heteroatoms. The van der Waals surface area contributed by atoms with Gasteiger partial charge in [-0.2, -0.15) is 27.2 Å². The fourth-order valence-electron chi connectivity index (χ4n) is 14.0. The van der Waals surface area contributed by atoms with Crippen LogP contribution in [0.5, 0.6) is 0 Å². The van der Waals surface area contributed by atoms with Crippen molar-refractivity contribution in [1.82, 2.24) is 0 Å². The molecular formula is C89H160N4Ni. The number of aryl methyl sites for hydroxylation is 4. The van der Waals surface area contributed by atoms with E-state index in [9.17, 15) is 5.53 Å². The molecule has 0 aliphatic carbocycles. The molecule has 2 aromatic rings.